The van der Waals surface area contributed by atoms with Gasteiger partial charge < -0.3 is 10.6 Å². The van der Waals surface area contributed by atoms with Crippen LogP contribution >= 0.6 is 11.8 Å². The molecule has 1 aliphatic rings. The first kappa shape index (κ1) is 11.9. The largest absolute Gasteiger partial charge is 0.354 e. The fraction of sp³-hybridized carbons (Fsp3) is 0.900. The number of nitrogens with one attached hydrogen (secondary N) is 2. The molecule has 0 aromatic heterocycles. The first-order valence-corrected chi connectivity index (χ1v) is 6.31. The highest BCUT2D eigenvalue weighted by Crippen LogP contribution is 2.19. The normalized spacial score (nSPS) is 22.4. The second-order valence-corrected chi connectivity index (χ2v) is 5.88. The third-order valence-corrected chi connectivity index (χ3v) is 3.92. The molecule has 0 radical (unpaired) electrons. The molecule has 0 spiro atoms. The Morgan fingerprint density at radius 3 is 2.86 bits per heavy atom. The van der Waals surface area contributed by atoms with Crippen LogP contribution in [0.2, 0.25) is 0 Å². The van der Waals surface area contributed by atoms with Crippen molar-refractivity contribution in [2.45, 2.75) is 25.0 Å². The van der Waals surface area contributed by atoms with Crippen molar-refractivity contribution in [3.8, 4) is 0 Å². The molecular weight excluding hydrogens is 196 g/mol. The molecule has 82 valence electrons. The van der Waals surface area contributed by atoms with Crippen molar-refractivity contribution in [1.82, 2.24) is 10.6 Å². The molecule has 3 nitrogen and oxygen atoms in total. The average molecular weight is 216 g/mol. The van der Waals surface area contributed by atoms with E-state index in [4.69, 9.17) is 0 Å². The van der Waals surface area contributed by atoms with Crippen LogP contribution < -0.4 is 10.6 Å². The van der Waals surface area contributed by atoms with Crippen molar-refractivity contribution >= 4 is 17.7 Å². The Labute approximate surface area is 90.4 Å². The summed E-state index contributed by atoms with van der Waals surface area (Å²) >= 11 is 1.78. The van der Waals surface area contributed by atoms with E-state index in [-0.39, 0.29) is 16.6 Å². The molecule has 0 aromatic rings. The van der Waals surface area contributed by atoms with Gasteiger partial charge in [0.2, 0.25) is 5.91 Å². The SMILES string of the molecule is CSC(C)(C)CNC(=O)[C@H]1CCNC1. The van der Waals surface area contributed by atoms with Crippen molar-refractivity contribution in [3.63, 3.8) is 0 Å². The fourth-order valence-corrected chi connectivity index (χ4v) is 1.61. The molecule has 14 heavy (non-hydrogen) atoms. The van der Waals surface area contributed by atoms with Crippen LogP contribution in [0.4, 0.5) is 0 Å². The Hall–Kier alpha value is -0.220. The number of thioether (sulfide) groups is 1. The Bertz CT molecular complexity index is 200. The fourth-order valence-electron chi connectivity index (χ4n) is 1.39. The van der Waals surface area contributed by atoms with Gasteiger partial charge in [-0.05, 0) is 33.1 Å². The number of carbonyl (C=O) groups excluding carboxylic acids is 1. The number of hydrogen-bond acceptors (Lipinski definition) is 3. The monoisotopic (exact) mass is 216 g/mol. The van der Waals surface area contributed by atoms with E-state index in [1.54, 1.807) is 11.8 Å². The lowest BCUT2D eigenvalue weighted by Crippen LogP contribution is -2.39. The van der Waals surface area contributed by atoms with Gasteiger partial charge in [0.15, 0.2) is 0 Å². The topological polar surface area (TPSA) is 41.1 Å². The second kappa shape index (κ2) is 5.03. The van der Waals surface area contributed by atoms with Crippen LogP contribution in [0.3, 0.4) is 0 Å². The Morgan fingerprint density at radius 2 is 2.36 bits per heavy atom. The predicted molar refractivity (Wildman–Crippen MR) is 61.6 cm³/mol. The van der Waals surface area contributed by atoms with Gasteiger partial charge in [-0.1, -0.05) is 0 Å². The minimum atomic E-state index is 0.141. The second-order valence-electron chi connectivity index (χ2n) is 4.37. The third-order valence-electron chi connectivity index (χ3n) is 2.67. The molecule has 4 heteroatoms. The van der Waals surface area contributed by atoms with E-state index in [1.807, 2.05) is 0 Å². The van der Waals surface area contributed by atoms with Gasteiger partial charge in [-0.3, -0.25) is 4.79 Å². The molecule has 1 atom stereocenters. The van der Waals surface area contributed by atoms with Crippen LogP contribution in [0.5, 0.6) is 0 Å². The molecule has 1 aliphatic heterocycles. The number of amides is 1. The average Bonchev–Trinajstić information content (AvgIpc) is 2.67. The van der Waals surface area contributed by atoms with E-state index in [0.717, 1.165) is 26.1 Å². The van der Waals surface area contributed by atoms with Crippen molar-refractivity contribution in [1.29, 1.82) is 0 Å². The van der Waals surface area contributed by atoms with E-state index in [2.05, 4.69) is 30.7 Å². The van der Waals surface area contributed by atoms with Crippen LogP contribution in [-0.2, 0) is 4.79 Å². The summed E-state index contributed by atoms with van der Waals surface area (Å²) in [5.41, 5.74) is 0. The summed E-state index contributed by atoms with van der Waals surface area (Å²) in [6, 6.07) is 0. The van der Waals surface area contributed by atoms with Crippen LogP contribution in [0, 0.1) is 5.92 Å². The first-order chi connectivity index (χ1) is 6.55. The standard InChI is InChI=1S/C10H20N2OS/c1-10(2,14-3)7-12-9(13)8-4-5-11-6-8/h8,11H,4-7H2,1-3H3,(H,12,13)/t8-/m0/s1. The number of rotatable bonds is 4. The molecule has 1 rings (SSSR count). The summed E-state index contributed by atoms with van der Waals surface area (Å²) in [6.07, 6.45) is 3.05. The number of carbonyl (C=O) groups is 1. The minimum Gasteiger partial charge on any atom is -0.354 e. The van der Waals surface area contributed by atoms with Gasteiger partial charge in [-0.2, -0.15) is 11.8 Å². The van der Waals surface area contributed by atoms with Gasteiger partial charge >= 0.3 is 0 Å². The Morgan fingerprint density at radius 1 is 1.64 bits per heavy atom. The zero-order valence-electron chi connectivity index (χ0n) is 9.22. The van der Waals surface area contributed by atoms with Crippen LogP contribution in [-0.4, -0.2) is 36.5 Å². The molecule has 0 saturated carbocycles. The molecule has 1 fully saturated rings. The summed E-state index contributed by atoms with van der Waals surface area (Å²) in [5.74, 6) is 0.393. The summed E-state index contributed by atoms with van der Waals surface area (Å²) < 4.78 is 0.141. The van der Waals surface area contributed by atoms with Crippen molar-refractivity contribution in [2.75, 3.05) is 25.9 Å². The first-order valence-electron chi connectivity index (χ1n) is 5.09. The molecule has 0 aliphatic carbocycles. The number of hydrogen-bond donors (Lipinski definition) is 2. The molecule has 0 unspecified atom stereocenters. The minimum absolute atomic E-state index is 0.141. The zero-order valence-corrected chi connectivity index (χ0v) is 10.0. The molecule has 0 aromatic carbocycles. The van der Waals surface area contributed by atoms with Crippen molar-refractivity contribution in [3.05, 3.63) is 0 Å². The Kier molecular flexibility index (Phi) is 4.26. The summed E-state index contributed by atoms with van der Waals surface area (Å²) in [6.45, 7) is 6.86. The highest BCUT2D eigenvalue weighted by molar-refractivity contribution is 7.99. The maximum absolute atomic E-state index is 11.6. The Balaban J connectivity index is 2.27. The maximum atomic E-state index is 11.6. The third kappa shape index (κ3) is 3.50. The molecule has 1 heterocycles. The van der Waals surface area contributed by atoms with Gasteiger partial charge in [0, 0.05) is 17.8 Å². The zero-order chi connectivity index (χ0) is 10.6. The molecule has 1 amide bonds. The van der Waals surface area contributed by atoms with Crippen molar-refractivity contribution < 1.29 is 4.79 Å². The van der Waals surface area contributed by atoms with E-state index in [1.165, 1.54) is 0 Å². The van der Waals surface area contributed by atoms with Gasteiger partial charge in [0.05, 0.1) is 5.92 Å². The van der Waals surface area contributed by atoms with Gasteiger partial charge in [-0.15, -0.1) is 0 Å². The van der Waals surface area contributed by atoms with Gasteiger partial charge in [0.1, 0.15) is 0 Å². The van der Waals surface area contributed by atoms with E-state index in [9.17, 15) is 4.79 Å². The van der Waals surface area contributed by atoms with Crippen LogP contribution in [0.25, 0.3) is 0 Å². The van der Waals surface area contributed by atoms with E-state index < -0.39 is 0 Å². The molecule has 1 saturated heterocycles. The van der Waals surface area contributed by atoms with Crippen LogP contribution in [0.1, 0.15) is 20.3 Å². The summed E-state index contributed by atoms with van der Waals surface area (Å²) in [4.78, 5) is 11.6. The van der Waals surface area contributed by atoms with Gasteiger partial charge in [-0.25, -0.2) is 0 Å². The summed E-state index contributed by atoms with van der Waals surface area (Å²) in [5, 5.41) is 6.21. The predicted octanol–water partition coefficient (Wildman–Crippen LogP) is 0.854. The smallest absolute Gasteiger partial charge is 0.224 e. The van der Waals surface area contributed by atoms with Gasteiger partial charge in [0.25, 0.3) is 0 Å². The van der Waals surface area contributed by atoms with Crippen molar-refractivity contribution in [2.24, 2.45) is 5.92 Å². The lowest BCUT2D eigenvalue weighted by atomic mass is 10.1. The maximum Gasteiger partial charge on any atom is 0.224 e. The molecule has 2 N–H and O–H groups in total. The quantitative estimate of drug-likeness (QED) is 0.732. The van der Waals surface area contributed by atoms with E-state index in [0.29, 0.717) is 0 Å². The summed E-state index contributed by atoms with van der Waals surface area (Å²) in [7, 11) is 0. The highest BCUT2D eigenvalue weighted by Gasteiger charge is 2.24. The van der Waals surface area contributed by atoms with Crippen LogP contribution in [0.15, 0.2) is 0 Å². The highest BCUT2D eigenvalue weighted by atomic mass is 32.2. The lowest BCUT2D eigenvalue weighted by molar-refractivity contribution is -0.124. The van der Waals surface area contributed by atoms with E-state index >= 15 is 0 Å². The molecule has 0 bridgehead atoms. The molecular formula is C10H20N2OS. The lowest BCUT2D eigenvalue weighted by Gasteiger charge is -2.23.